The number of nitrogens with zero attached hydrogens (tertiary/aromatic N) is 2. The molecule has 0 atom stereocenters. The SMILES string of the molecule is CN(C)C(C)(C)CN=C(N)Nc1ccccc1OC(F)(F)F.I. The lowest BCUT2D eigenvalue weighted by Crippen LogP contribution is -2.41. The van der Waals surface area contributed by atoms with Gasteiger partial charge in [-0.25, -0.2) is 0 Å². The number of rotatable bonds is 5. The molecule has 1 rings (SSSR count). The molecule has 0 amide bonds. The second kappa shape index (κ2) is 8.57. The Bertz CT molecular complexity index is 533. The molecule has 0 unspecified atom stereocenters. The van der Waals surface area contributed by atoms with Crippen LogP contribution in [-0.4, -0.2) is 43.4 Å². The summed E-state index contributed by atoms with van der Waals surface area (Å²) in [5.41, 5.74) is 5.60. The molecule has 0 fully saturated rings. The number of likely N-dealkylation sites (N-methyl/N-ethyl adjacent to an activating group) is 1. The Balaban J connectivity index is 0.00000484. The van der Waals surface area contributed by atoms with Crippen molar-refractivity contribution in [3.63, 3.8) is 0 Å². The maximum atomic E-state index is 12.3. The van der Waals surface area contributed by atoms with Gasteiger partial charge in [-0.3, -0.25) is 4.99 Å². The van der Waals surface area contributed by atoms with Crippen molar-refractivity contribution in [3.05, 3.63) is 24.3 Å². The van der Waals surface area contributed by atoms with E-state index in [0.717, 1.165) is 0 Å². The Morgan fingerprint density at radius 3 is 2.35 bits per heavy atom. The summed E-state index contributed by atoms with van der Waals surface area (Å²) in [5, 5.41) is 2.63. The standard InChI is InChI=1S/C14H21F3N4O.HI/c1-13(2,21(3)4)9-19-12(18)20-10-7-5-6-8-11(10)22-14(15,16)17;/h5-8H,9H2,1-4H3,(H3,18,19,20);1H. The van der Waals surface area contributed by atoms with Crippen LogP contribution in [0.5, 0.6) is 5.75 Å². The summed E-state index contributed by atoms with van der Waals surface area (Å²) in [5.74, 6) is -0.340. The number of guanidine groups is 1. The molecule has 0 bridgehead atoms. The quantitative estimate of drug-likeness (QED) is 0.414. The number of nitrogens with one attached hydrogen (secondary N) is 1. The predicted octanol–water partition coefficient (Wildman–Crippen LogP) is 3.27. The second-order valence-corrected chi connectivity index (χ2v) is 5.58. The average molecular weight is 446 g/mol. The summed E-state index contributed by atoms with van der Waals surface area (Å²) in [6.07, 6.45) is -4.77. The predicted molar refractivity (Wildman–Crippen MR) is 96.4 cm³/mol. The van der Waals surface area contributed by atoms with Crippen molar-refractivity contribution in [2.24, 2.45) is 10.7 Å². The van der Waals surface area contributed by atoms with E-state index < -0.39 is 6.36 Å². The van der Waals surface area contributed by atoms with Crippen molar-refractivity contribution in [3.8, 4) is 5.75 Å². The summed E-state index contributed by atoms with van der Waals surface area (Å²) in [7, 11) is 3.82. The average Bonchev–Trinajstić information content (AvgIpc) is 2.37. The van der Waals surface area contributed by atoms with E-state index in [1.54, 1.807) is 6.07 Å². The number of anilines is 1. The molecule has 0 saturated heterocycles. The fraction of sp³-hybridized carbons (Fsp3) is 0.500. The first-order valence-corrected chi connectivity index (χ1v) is 6.60. The third-order valence-corrected chi connectivity index (χ3v) is 3.22. The molecule has 23 heavy (non-hydrogen) atoms. The molecule has 0 saturated carbocycles. The van der Waals surface area contributed by atoms with Crippen molar-refractivity contribution in [2.45, 2.75) is 25.7 Å². The zero-order valence-electron chi connectivity index (χ0n) is 13.4. The van der Waals surface area contributed by atoms with Gasteiger partial charge in [-0.15, -0.1) is 37.1 Å². The minimum atomic E-state index is -4.77. The summed E-state index contributed by atoms with van der Waals surface area (Å²) >= 11 is 0. The number of ether oxygens (including phenoxy) is 1. The minimum absolute atomic E-state index is 0. The highest BCUT2D eigenvalue weighted by molar-refractivity contribution is 14.0. The maximum Gasteiger partial charge on any atom is 0.573 e. The highest BCUT2D eigenvalue weighted by Crippen LogP contribution is 2.29. The van der Waals surface area contributed by atoms with Crippen molar-refractivity contribution in [2.75, 3.05) is 26.0 Å². The summed E-state index contributed by atoms with van der Waals surface area (Å²) in [6, 6.07) is 5.64. The lowest BCUT2D eigenvalue weighted by molar-refractivity contribution is -0.274. The van der Waals surface area contributed by atoms with Gasteiger partial charge in [0.25, 0.3) is 0 Å². The van der Waals surface area contributed by atoms with Crippen LogP contribution in [0.3, 0.4) is 0 Å². The van der Waals surface area contributed by atoms with E-state index in [1.807, 2.05) is 32.8 Å². The van der Waals surface area contributed by atoms with Gasteiger partial charge in [-0.1, -0.05) is 12.1 Å². The molecule has 0 aliphatic heterocycles. The van der Waals surface area contributed by atoms with Crippen LogP contribution in [0.1, 0.15) is 13.8 Å². The summed E-state index contributed by atoms with van der Waals surface area (Å²) < 4.78 is 40.9. The van der Waals surface area contributed by atoms with Crippen molar-refractivity contribution in [1.82, 2.24) is 4.90 Å². The molecule has 1 aromatic rings. The molecule has 0 aliphatic carbocycles. The molecule has 0 radical (unpaired) electrons. The van der Waals surface area contributed by atoms with E-state index in [2.05, 4.69) is 15.0 Å². The van der Waals surface area contributed by atoms with Crippen molar-refractivity contribution < 1.29 is 17.9 Å². The fourth-order valence-corrected chi connectivity index (χ4v) is 1.38. The number of alkyl halides is 3. The van der Waals surface area contributed by atoms with Crippen LogP contribution in [-0.2, 0) is 0 Å². The van der Waals surface area contributed by atoms with Crippen LogP contribution in [0, 0.1) is 0 Å². The van der Waals surface area contributed by atoms with Gasteiger partial charge in [0, 0.05) is 5.54 Å². The number of benzene rings is 1. The molecule has 0 spiro atoms. The number of aliphatic imine (C=N–C) groups is 1. The highest BCUT2D eigenvalue weighted by atomic mass is 127. The first kappa shape index (κ1) is 21.8. The third-order valence-electron chi connectivity index (χ3n) is 3.22. The maximum absolute atomic E-state index is 12.3. The molecule has 0 aliphatic rings. The monoisotopic (exact) mass is 446 g/mol. The molecule has 5 nitrogen and oxygen atoms in total. The van der Waals surface area contributed by atoms with Crippen molar-refractivity contribution >= 4 is 35.6 Å². The topological polar surface area (TPSA) is 62.9 Å². The van der Waals surface area contributed by atoms with E-state index in [4.69, 9.17) is 5.73 Å². The first-order valence-electron chi connectivity index (χ1n) is 6.60. The normalized spacial score (nSPS) is 12.8. The highest BCUT2D eigenvalue weighted by Gasteiger charge is 2.32. The van der Waals surface area contributed by atoms with Gasteiger partial charge in [0.15, 0.2) is 11.7 Å². The summed E-state index contributed by atoms with van der Waals surface area (Å²) in [4.78, 5) is 6.13. The van der Waals surface area contributed by atoms with Gasteiger partial charge in [-0.05, 0) is 40.1 Å². The van der Waals surface area contributed by atoms with E-state index in [0.29, 0.717) is 6.54 Å². The van der Waals surface area contributed by atoms with Gasteiger partial charge in [0.1, 0.15) is 0 Å². The number of nitrogens with two attached hydrogens (primary N) is 1. The molecule has 1 aromatic carbocycles. The van der Waals surface area contributed by atoms with Crippen LogP contribution in [0.2, 0.25) is 0 Å². The zero-order valence-corrected chi connectivity index (χ0v) is 15.8. The molecule has 9 heteroatoms. The third kappa shape index (κ3) is 7.73. The van der Waals surface area contributed by atoms with Crippen LogP contribution >= 0.6 is 24.0 Å². The Hall–Kier alpha value is -1.23. The Labute approximate surface area is 151 Å². The molecule has 0 heterocycles. The van der Waals surface area contributed by atoms with Crippen molar-refractivity contribution in [1.29, 1.82) is 0 Å². The van der Waals surface area contributed by atoms with Crippen LogP contribution < -0.4 is 15.8 Å². The fourth-order valence-electron chi connectivity index (χ4n) is 1.38. The van der Waals surface area contributed by atoms with Gasteiger partial charge < -0.3 is 20.7 Å². The molecule has 132 valence electrons. The van der Waals surface area contributed by atoms with Gasteiger partial charge >= 0.3 is 6.36 Å². The van der Waals surface area contributed by atoms with E-state index in [9.17, 15) is 13.2 Å². The number of para-hydroxylation sites is 2. The van der Waals surface area contributed by atoms with Gasteiger partial charge in [0.2, 0.25) is 0 Å². The number of halogens is 4. The largest absolute Gasteiger partial charge is 0.573 e. The Morgan fingerprint density at radius 2 is 1.83 bits per heavy atom. The van der Waals surface area contributed by atoms with Gasteiger partial charge in [-0.2, -0.15) is 0 Å². The molecular weight excluding hydrogens is 424 g/mol. The lowest BCUT2D eigenvalue weighted by atomic mass is 10.1. The summed E-state index contributed by atoms with van der Waals surface area (Å²) in [6.45, 7) is 4.34. The Kier molecular flexibility index (Phi) is 8.12. The minimum Gasteiger partial charge on any atom is -0.404 e. The first-order chi connectivity index (χ1) is 10.0. The van der Waals surface area contributed by atoms with Crippen LogP contribution in [0.4, 0.5) is 18.9 Å². The lowest BCUT2D eigenvalue weighted by Gasteiger charge is -2.30. The number of hydrogen-bond acceptors (Lipinski definition) is 3. The van der Waals surface area contributed by atoms with E-state index in [-0.39, 0.29) is 46.9 Å². The smallest absolute Gasteiger partial charge is 0.404 e. The molecule has 0 aromatic heterocycles. The molecular formula is C14H22F3IN4O. The van der Waals surface area contributed by atoms with E-state index in [1.165, 1.54) is 18.2 Å². The zero-order chi connectivity index (χ0) is 17.0. The van der Waals surface area contributed by atoms with Gasteiger partial charge in [0.05, 0.1) is 12.2 Å². The second-order valence-electron chi connectivity index (χ2n) is 5.58. The van der Waals surface area contributed by atoms with Crippen LogP contribution in [0.15, 0.2) is 29.3 Å². The Morgan fingerprint density at radius 1 is 1.26 bits per heavy atom. The van der Waals surface area contributed by atoms with Crippen LogP contribution in [0.25, 0.3) is 0 Å². The molecule has 3 N–H and O–H groups in total. The van der Waals surface area contributed by atoms with E-state index >= 15 is 0 Å². The number of hydrogen-bond donors (Lipinski definition) is 2.